The van der Waals surface area contributed by atoms with Crippen molar-refractivity contribution in [3.63, 3.8) is 0 Å². The second-order valence-corrected chi connectivity index (χ2v) is 6.49. The molecule has 0 spiro atoms. The largest absolute Gasteiger partial charge is 0.368 e. The summed E-state index contributed by atoms with van der Waals surface area (Å²) >= 11 is 3.68. The van der Waals surface area contributed by atoms with E-state index in [1.54, 1.807) is 0 Å². The zero-order valence-corrected chi connectivity index (χ0v) is 13.7. The molecule has 0 aromatic heterocycles. The first-order chi connectivity index (χ1) is 8.32. The summed E-state index contributed by atoms with van der Waals surface area (Å²) in [7, 11) is 0. The Morgan fingerprint density at radius 3 is 2.17 bits per heavy atom. The number of rotatable bonds is 5. The van der Waals surface area contributed by atoms with Crippen molar-refractivity contribution < 1.29 is 0 Å². The van der Waals surface area contributed by atoms with Crippen molar-refractivity contribution in [1.82, 2.24) is 0 Å². The van der Waals surface area contributed by atoms with Crippen LogP contribution in [0.1, 0.15) is 46.2 Å². The molecule has 0 radical (unpaired) electrons. The van der Waals surface area contributed by atoms with Gasteiger partial charge in [-0.15, -0.1) is 0 Å². The molecule has 2 nitrogen and oxygen atoms in total. The van der Waals surface area contributed by atoms with Crippen molar-refractivity contribution in [3.8, 4) is 0 Å². The number of halogens is 1. The van der Waals surface area contributed by atoms with Gasteiger partial charge in [-0.2, -0.15) is 0 Å². The Bertz CT molecular complexity index is 386. The molecule has 18 heavy (non-hydrogen) atoms. The molecule has 0 aliphatic rings. The Balaban J connectivity index is 3.05. The van der Waals surface area contributed by atoms with E-state index < -0.39 is 0 Å². The Morgan fingerprint density at radius 1 is 1.17 bits per heavy atom. The minimum absolute atomic E-state index is 0.0768. The van der Waals surface area contributed by atoms with Crippen LogP contribution in [0.2, 0.25) is 0 Å². The highest BCUT2D eigenvalue weighted by Gasteiger charge is 2.15. The molecule has 0 fully saturated rings. The first kappa shape index (κ1) is 15.5. The summed E-state index contributed by atoms with van der Waals surface area (Å²) < 4.78 is 1.13. The topological polar surface area (TPSA) is 29.3 Å². The van der Waals surface area contributed by atoms with Gasteiger partial charge in [0.25, 0.3) is 0 Å². The summed E-state index contributed by atoms with van der Waals surface area (Å²) in [6.07, 6.45) is 0. The second kappa shape index (κ2) is 6.58. The molecular formula is C15H25BrN2. The number of hydrogen-bond acceptors (Lipinski definition) is 2. The van der Waals surface area contributed by atoms with Gasteiger partial charge in [-0.1, -0.05) is 19.9 Å². The molecule has 0 aliphatic carbocycles. The highest BCUT2D eigenvalue weighted by molar-refractivity contribution is 9.10. The summed E-state index contributed by atoms with van der Waals surface area (Å²) in [4.78, 5) is 2.43. The van der Waals surface area contributed by atoms with Crippen LogP contribution in [0.3, 0.4) is 0 Å². The van der Waals surface area contributed by atoms with Gasteiger partial charge in [-0.25, -0.2) is 0 Å². The number of anilines is 1. The smallest absolute Gasteiger partial charge is 0.0513 e. The maximum atomic E-state index is 5.91. The summed E-state index contributed by atoms with van der Waals surface area (Å²) in [5, 5.41) is 0. The number of hydrogen-bond donors (Lipinski definition) is 1. The van der Waals surface area contributed by atoms with Crippen molar-refractivity contribution in [2.45, 2.75) is 46.7 Å². The normalized spacial score (nSPS) is 13.2. The molecule has 1 atom stereocenters. The van der Waals surface area contributed by atoms with Gasteiger partial charge in [0.1, 0.15) is 0 Å². The Labute approximate surface area is 120 Å². The maximum absolute atomic E-state index is 5.91. The van der Waals surface area contributed by atoms with E-state index in [1.165, 1.54) is 11.3 Å². The molecule has 1 aromatic carbocycles. The quantitative estimate of drug-likeness (QED) is 0.876. The highest BCUT2D eigenvalue weighted by atomic mass is 79.9. The lowest BCUT2D eigenvalue weighted by molar-refractivity contribution is 0.570. The Hall–Kier alpha value is -0.540. The fourth-order valence-electron chi connectivity index (χ4n) is 2.02. The predicted octanol–water partition coefficient (Wildman–Crippen LogP) is 4.34. The molecule has 102 valence electrons. The maximum Gasteiger partial charge on any atom is 0.0513 e. The third kappa shape index (κ3) is 3.99. The number of nitrogens with two attached hydrogens (primary N) is 1. The van der Waals surface area contributed by atoms with E-state index in [0.717, 1.165) is 11.0 Å². The third-order valence-electron chi connectivity index (χ3n) is 2.99. The van der Waals surface area contributed by atoms with E-state index >= 15 is 0 Å². The van der Waals surface area contributed by atoms with Crippen LogP contribution >= 0.6 is 15.9 Å². The van der Waals surface area contributed by atoms with Crippen LogP contribution in [-0.2, 0) is 0 Å². The molecule has 0 amide bonds. The van der Waals surface area contributed by atoms with Crippen LogP contribution in [0, 0.1) is 5.92 Å². The number of nitrogens with zero attached hydrogens (tertiary/aromatic N) is 1. The van der Waals surface area contributed by atoms with E-state index in [-0.39, 0.29) is 6.04 Å². The van der Waals surface area contributed by atoms with Gasteiger partial charge in [-0.3, -0.25) is 0 Å². The van der Waals surface area contributed by atoms with Gasteiger partial charge >= 0.3 is 0 Å². The summed E-state index contributed by atoms with van der Waals surface area (Å²) in [5.74, 6) is 0.646. The lowest BCUT2D eigenvalue weighted by atomic mass is 10.1. The number of benzene rings is 1. The highest BCUT2D eigenvalue weighted by Crippen LogP contribution is 2.30. The molecule has 0 saturated carbocycles. The van der Waals surface area contributed by atoms with Crippen LogP contribution in [0.25, 0.3) is 0 Å². The van der Waals surface area contributed by atoms with Gasteiger partial charge in [0.2, 0.25) is 0 Å². The summed E-state index contributed by atoms with van der Waals surface area (Å²) in [5.41, 5.74) is 8.33. The molecule has 0 saturated heterocycles. The first-order valence-corrected chi connectivity index (χ1v) is 7.44. The fraction of sp³-hybridized carbons (Fsp3) is 0.600. The van der Waals surface area contributed by atoms with Crippen molar-refractivity contribution in [2.75, 3.05) is 11.4 Å². The minimum Gasteiger partial charge on any atom is -0.368 e. The fourth-order valence-corrected chi connectivity index (χ4v) is 2.64. The van der Waals surface area contributed by atoms with Gasteiger partial charge in [0, 0.05) is 23.1 Å². The Morgan fingerprint density at radius 2 is 1.78 bits per heavy atom. The molecule has 3 heteroatoms. The van der Waals surface area contributed by atoms with E-state index in [1.807, 2.05) is 6.92 Å². The van der Waals surface area contributed by atoms with Crippen LogP contribution in [0.15, 0.2) is 22.7 Å². The van der Waals surface area contributed by atoms with Crippen LogP contribution < -0.4 is 10.6 Å². The molecule has 1 rings (SSSR count). The standard InChI is InChI=1S/C15H25BrN2/c1-10(2)9-18(11(3)4)15-7-6-13(12(5)17)8-14(15)16/h6-8,10-12H,9,17H2,1-5H3. The molecule has 0 aliphatic heterocycles. The van der Waals surface area contributed by atoms with Gasteiger partial charge in [0.15, 0.2) is 0 Å². The Kier molecular flexibility index (Phi) is 5.67. The predicted molar refractivity (Wildman–Crippen MR) is 84.1 cm³/mol. The summed E-state index contributed by atoms with van der Waals surface area (Å²) in [6.45, 7) is 12.0. The molecular weight excluding hydrogens is 288 g/mol. The van der Waals surface area contributed by atoms with Crippen molar-refractivity contribution in [3.05, 3.63) is 28.2 Å². The second-order valence-electron chi connectivity index (χ2n) is 5.64. The molecule has 1 aromatic rings. The van der Waals surface area contributed by atoms with Crippen molar-refractivity contribution in [1.29, 1.82) is 0 Å². The SMILES string of the molecule is CC(C)CN(c1ccc(C(C)N)cc1Br)C(C)C. The summed E-state index contributed by atoms with van der Waals surface area (Å²) in [6, 6.07) is 7.00. The minimum atomic E-state index is 0.0768. The lowest BCUT2D eigenvalue weighted by Gasteiger charge is -2.32. The van der Waals surface area contributed by atoms with Crippen LogP contribution in [0.5, 0.6) is 0 Å². The van der Waals surface area contributed by atoms with E-state index in [9.17, 15) is 0 Å². The zero-order valence-electron chi connectivity index (χ0n) is 12.1. The van der Waals surface area contributed by atoms with E-state index in [2.05, 4.69) is 66.7 Å². The van der Waals surface area contributed by atoms with Gasteiger partial charge in [0.05, 0.1) is 5.69 Å². The van der Waals surface area contributed by atoms with Crippen LogP contribution in [0.4, 0.5) is 5.69 Å². The monoisotopic (exact) mass is 312 g/mol. The molecule has 2 N–H and O–H groups in total. The average Bonchev–Trinajstić information content (AvgIpc) is 2.25. The lowest BCUT2D eigenvalue weighted by Crippen LogP contribution is -2.34. The van der Waals surface area contributed by atoms with E-state index in [4.69, 9.17) is 5.73 Å². The van der Waals surface area contributed by atoms with Crippen molar-refractivity contribution >= 4 is 21.6 Å². The van der Waals surface area contributed by atoms with E-state index in [0.29, 0.717) is 12.0 Å². The first-order valence-electron chi connectivity index (χ1n) is 6.64. The van der Waals surface area contributed by atoms with Crippen LogP contribution in [-0.4, -0.2) is 12.6 Å². The van der Waals surface area contributed by atoms with Gasteiger partial charge < -0.3 is 10.6 Å². The molecule has 1 unspecified atom stereocenters. The average molecular weight is 313 g/mol. The molecule has 0 heterocycles. The van der Waals surface area contributed by atoms with Crippen molar-refractivity contribution in [2.24, 2.45) is 11.7 Å². The zero-order chi connectivity index (χ0) is 13.9. The third-order valence-corrected chi connectivity index (χ3v) is 3.63. The molecule has 0 bridgehead atoms. The van der Waals surface area contributed by atoms with Gasteiger partial charge in [-0.05, 0) is 60.3 Å².